The van der Waals surface area contributed by atoms with Gasteiger partial charge in [0, 0.05) is 91.6 Å². The molecule has 2 saturated carbocycles. The van der Waals surface area contributed by atoms with Gasteiger partial charge in [0.25, 0.3) is 0 Å². The molecule has 180 valence electrons. The standard InChI is InChI=1S/C29H33N5O/c1-32-17-29(18-32)13-22(14-29)33(2)21-11-23(12-21)35-28-7-5-20(15-31-28)19-4-6-24-25-16-30-9-8-26(25)34(3)27(24)10-19/h4-10,15-16,21-23H,11-14,17-18H2,1-3H3/t21-,23-. The van der Waals surface area contributed by atoms with E-state index in [1.807, 2.05) is 24.7 Å². The molecule has 3 aromatic heterocycles. The van der Waals surface area contributed by atoms with Gasteiger partial charge in [0.15, 0.2) is 0 Å². The smallest absolute Gasteiger partial charge is 0.213 e. The molecule has 4 heterocycles. The van der Waals surface area contributed by atoms with Crippen molar-refractivity contribution in [3.63, 3.8) is 0 Å². The van der Waals surface area contributed by atoms with Gasteiger partial charge in [-0.05, 0) is 56.1 Å². The molecule has 1 aliphatic heterocycles. The summed E-state index contributed by atoms with van der Waals surface area (Å²) in [6.07, 6.45) is 11.0. The van der Waals surface area contributed by atoms with Gasteiger partial charge in [0.05, 0.1) is 5.52 Å². The predicted octanol–water partition coefficient (Wildman–Crippen LogP) is 4.72. The molecule has 1 aromatic carbocycles. The zero-order valence-corrected chi connectivity index (χ0v) is 20.8. The maximum Gasteiger partial charge on any atom is 0.213 e. The van der Waals surface area contributed by atoms with Crippen molar-refractivity contribution in [3.8, 4) is 17.0 Å². The number of aryl methyl sites for hydroxylation is 1. The van der Waals surface area contributed by atoms with Crippen molar-refractivity contribution in [3.05, 3.63) is 55.0 Å². The molecular weight excluding hydrogens is 434 g/mol. The van der Waals surface area contributed by atoms with E-state index in [0.717, 1.165) is 35.9 Å². The van der Waals surface area contributed by atoms with Crippen LogP contribution >= 0.6 is 0 Å². The van der Waals surface area contributed by atoms with Crippen LogP contribution in [0.15, 0.2) is 55.0 Å². The number of hydrogen-bond acceptors (Lipinski definition) is 5. The number of hydrogen-bond donors (Lipinski definition) is 0. The van der Waals surface area contributed by atoms with Gasteiger partial charge >= 0.3 is 0 Å². The molecule has 0 N–H and O–H groups in total. The molecule has 1 spiro atoms. The summed E-state index contributed by atoms with van der Waals surface area (Å²) in [7, 11) is 6.66. The first-order valence-electron chi connectivity index (χ1n) is 12.8. The summed E-state index contributed by atoms with van der Waals surface area (Å²) in [5.74, 6) is 0.733. The lowest BCUT2D eigenvalue weighted by Crippen LogP contribution is -2.66. The molecule has 1 saturated heterocycles. The average Bonchev–Trinajstić information content (AvgIpc) is 3.09. The minimum absolute atomic E-state index is 0.283. The fraction of sp³-hybridized carbons (Fsp3) is 0.448. The second-order valence-electron chi connectivity index (χ2n) is 11.3. The van der Waals surface area contributed by atoms with Gasteiger partial charge in [-0.2, -0.15) is 0 Å². The van der Waals surface area contributed by atoms with E-state index in [2.05, 4.69) is 75.8 Å². The first kappa shape index (κ1) is 21.3. The minimum Gasteiger partial charge on any atom is -0.474 e. The normalized spacial score (nSPS) is 24.0. The van der Waals surface area contributed by atoms with Crippen LogP contribution in [-0.2, 0) is 7.05 Å². The molecule has 6 heteroatoms. The van der Waals surface area contributed by atoms with Crippen molar-refractivity contribution in [2.75, 3.05) is 27.2 Å². The zero-order valence-electron chi connectivity index (χ0n) is 20.8. The van der Waals surface area contributed by atoms with Crippen LogP contribution in [0.25, 0.3) is 32.9 Å². The number of pyridine rings is 2. The third-order valence-electron chi connectivity index (χ3n) is 8.94. The van der Waals surface area contributed by atoms with E-state index in [9.17, 15) is 0 Å². The Morgan fingerprint density at radius 3 is 2.46 bits per heavy atom. The van der Waals surface area contributed by atoms with E-state index in [0.29, 0.717) is 11.5 Å². The molecule has 7 rings (SSSR count). The lowest BCUT2D eigenvalue weighted by molar-refractivity contribution is -0.115. The van der Waals surface area contributed by atoms with Gasteiger partial charge in [-0.15, -0.1) is 0 Å². The Balaban J connectivity index is 0.982. The Hall–Kier alpha value is -2.96. The van der Waals surface area contributed by atoms with Crippen molar-refractivity contribution in [1.29, 1.82) is 0 Å². The Bertz CT molecular complexity index is 1390. The molecule has 0 amide bonds. The minimum atomic E-state index is 0.283. The number of ether oxygens (including phenoxy) is 1. The van der Waals surface area contributed by atoms with E-state index < -0.39 is 0 Å². The van der Waals surface area contributed by atoms with Crippen LogP contribution in [0, 0.1) is 5.41 Å². The van der Waals surface area contributed by atoms with Gasteiger partial charge in [0.1, 0.15) is 6.10 Å². The number of rotatable bonds is 5. The fourth-order valence-electron chi connectivity index (χ4n) is 6.87. The van der Waals surface area contributed by atoms with Crippen molar-refractivity contribution >= 4 is 21.8 Å². The third-order valence-corrected chi connectivity index (χ3v) is 8.94. The van der Waals surface area contributed by atoms with Crippen molar-refractivity contribution in [2.24, 2.45) is 12.5 Å². The van der Waals surface area contributed by atoms with Crippen molar-refractivity contribution in [1.82, 2.24) is 24.3 Å². The van der Waals surface area contributed by atoms with Crippen molar-refractivity contribution < 1.29 is 4.74 Å². The number of aromatic nitrogens is 3. The summed E-state index contributed by atoms with van der Waals surface area (Å²) < 4.78 is 8.45. The number of fused-ring (bicyclic) bond motifs is 3. The fourth-order valence-corrected chi connectivity index (χ4v) is 6.87. The molecule has 3 fully saturated rings. The highest BCUT2D eigenvalue weighted by Crippen LogP contribution is 2.50. The van der Waals surface area contributed by atoms with Crippen LogP contribution in [0.3, 0.4) is 0 Å². The van der Waals surface area contributed by atoms with Crippen LogP contribution in [0.2, 0.25) is 0 Å². The van der Waals surface area contributed by atoms with E-state index in [4.69, 9.17) is 4.74 Å². The average molecular weight is 468 g/mol. The Labute approximate surface area is 206 Å². The second kappa shape index (κ2) is 7.77. The highest BCUT2D eigenvalue weighted by molar-refractivity contribution is 6.08. The molecular formula is C29H33N5O. The van der Waals surface area contributed by atoms with Crippen LogP contribution in [0.4, 0.5) is 0 Å². The highest BCUT2D eigenvalue weighted by Gasteiger charge is 2.53. The number of likely N-dealkylation sites (tertiary alicyclic amines) is 1. The molecule has 2 aliphatic carbocycles. The van der Waals surface area contributed by atoms with E-state index >= 15 is 0 Å². The summed E-state index contributed by atoms with van der Waals surface area (Å²) in [5, 5.41) is 2.42. The molecule has 0 atom stereocenters. The van der Waals surface area contributed by atoms with Gasteiger partial charge in [0.2, 0.25) is 5.88 Å². The topological polar surface area (TPSA) is 46.4 Å². The van der Waals surface area contributed by atoms with Gasteiger partial charge in [-0.3, -0.25) is 4.98 Å². The first-order chi connectivity index (χ1) is 17.0. The second-order valence-corrected chi connectivity index (χ2v) is 11.3. The Morgan fingerprint density at radius 2 is 1.71 bits per heavy atom. The van der Waals surface area contributed by atoms with Gasteiger partial charge < -0.3 is 19.1 Å². The Kier molecular flexibility index (Phi) is 4.74. The quantitative estimate of drug-likeness (QED) is 0.425. The summed E-state index contributed by atoms with van der Waals surface area (Å²) >= 11 is 0. The van der Waals surface area contributed by atoms with Crippen molar-refractivity contribution in [2.45, 2.75) is 43.9 Å². The van der Waals surface area contributed by atoms with E-state index in [1.54, 1.807) is 0 Å². The molecule has 0 bridgehead atoms. The highest BCUT2D eigenvalue weighted by atomic mass is 16.5. The maximum absolute atomic E-state index is 6.21. The lowest BCUT2D eigenvalue weighted by atomic mass is 9.60. The summed E-state index contributed by atoms with van der Waals surface area (Å²) in [5.41, 5.74) is 5.32. The monoisotopic (exact) mass is 467 g/mol. The lowest BCUT2D eigenvalue weighted by Gasteiger charge is -2.61. The summed E-state index contributed by atoms with van der Waals surface area (Å²) in [6, 6.07) is 14.2. The van der Waals surface area contributed by atoms with Crippen LogP contribution in [-0.4, -0.2) is 69.7 Å². The molecule has 0 unspecified atom stereocenters. The van der Waals surface area contributed by atoms with E-state index in [-0.39, 0.29) is 6.10 Å². The molecule has 0 radical (unpaired) electrons. The maximum atomic E-state index is 6.21. The van der Waals surface area contributed by atoms with Crippen LogP contribution in [0.1, 0.15) is 25.7 Å². The molecule has 35 heavy (non-hydrogen) atoms. The third kappa shape index (κ3) is 3.46. The zero-order chi connectivity index (χ0) is 23.7. The molecule has 3 aliphatic rings. The van der Waals surface area contributed by atoms with Crippen LogP contribution < -0.4 is 4.74 Å². The summed E-state index contributed by atoms with van der Waals surface area (Å²) in [4.78, 5) is 14.0. The largest absolute Gasteiger partial charge is 0.474 e. The Morgan fingerprint density at radius 1 is 0.914 bits per heavy atom. The molecule has 4 aromatic rings. The number of benzene rings is 1. The van der Waals surface area contributed by atoms with Gasteiger partial charge in [-0.25, -0.2) is 4.98 Å². The SMILES string of the molecule is CN1CC2(CC(N(C)[C@H]3C[C@H](Oc4ccc(-c5ccc6c7cnccc7n(C)c6c5)cn4)C3)C2)C1. The van der Waals surface area contributed by atoms with Gasteiger partial charge in [-0.1, -0.05) is 12.1 Å². The van der Waals surface area contributed by atoms with Crippen LogP contribution in [0.5, 0.6) is 5.88 Å². The summed E-state index contributed by atoms with van der Waals surface area (Å²) in [6.45, 7) is 2.59. The van der Waals surface area contributed by atoms with E-state index in [1.165, 1.54) is 47.7 Å². The molecule has 6 nitrogen and oxygen atoms in total. The predicted molar refractivity (Wildman–Crippen MR) is 140 cm³/mol. The number of nitrogens with zero attached hydrogens (tertiary/aromatic N) is 5. The first-order valence-corrected chi connectivity index (χ1v) is 12.8.